The van der Waals surface area contributed by atoms with Crippen LogP contribution in [-0.2, 0) is 6.54 Å². The van der Waals surface area contributed by atoms with Crippen molar-refractivity contribution in [3.8, 4) is 11.3 Å². The fourth-order valence-electron chi connectivity index (χ4n) is 1.74. The Labute approximate surface area is 112 Å². The maximum absolute atomic E-state index is 10.9. The second-order valence-corrected chi connectivity index (χ2v) is 4.69. The number of benzene rings is 1. The molecule has 0 spiro atoms. The van der Waals surface area contributed by atoms with Gasteiger partial charge >= 0.3 is 5.97 Å². The van der Waals surface area contributed by atoms with Gasteiger partial charge < -0.3 is 14.8 Å². The molecule has 2 rings (SSSR count). The number of rotatable bonds is 5. The van der Waals surface area contributed by atoms with E-state index in [1.165, 1.54) is 0 Å². The molecule has 0 radical (unpaired) electrons. The van der Waals surface area contributed by atoms with Crippen molar-refractivity contribution in [1.29, 1.82) is 0 Å². The molecule has 0 fully saturated rings. The molecule has 0 aliphatic carbocycles. The van der Waals surface area contributed by atoms with Crippen LogP contribution in [0.5, 0.6) is 0 Å². The van der Waals surface area contributed by atoms with Gasteiger partial charge in [0.15, 0.2) is 0 Å². The number of aromatic carboxylic acids is 1. The molecule has 0 aliphatic rings. The highest BCUT2D eigenvalue weighted by molar-refractivity contribution is 5.89. The Balaban J connectivity index is 2.18. The number of carboxylic acid groups (broad SMARTS) is 1. The molecular weight excluding hydrogens is 242 g/mol. The van der Waals surface area contributed by atoms with Crippen LogP contribution in [0, 0.1) is 0 Å². The molecule has 0 unspecified atom stereocenters. The summed E-state index contributed by atoms with van der Waals surface area (Å²) in [4.78, 5) is 10.9. The SMILES string of the molecule is CC(C)NCc1ccc(-c2cccc(C(=O)O)c2)o1. The molecule has 4 heteroatoms. The van der Waals surface area contributed by atoms with Gasteiger partial charge in [-0.2, -0.15) is 0 Å². The fourth-order valence-corrected chi connectivity index (χ4v) is 1.74. The highest BCUT2D eigenvalue weighted by atomic mass is 16.4. The van der Waals surface area contributed by atoms with Gasteiger partial charge in [0.05, 0.1) is 12.1 Å². The first-order valence-electron chi connectivity index (χ1n) is 6.22. The Bertz CT molecular complexity index is 572. The van der Waals surface area contributed by atoms with Crippen LogP contribution >= 0.6 is 0 Å². The van der Waals surface area contributed by atoms with Crippen molar-refractivity contribution in [2.75, 3.05) is 0 Å². The Morgan fingerprint density at radius 3 is 2.79 bits per heavy atom. The lowest BCUT2D eigenvalue weighted by Gasteiger charge is -2.05. The van der Waals surface area contributed by atoms with Gasteiger partial charge in [-0.05, 0) is 24.3 Å². The van der Waals surface area contributed by atoms with Crippen molar-refractivity contribution in [2.45, 2.75) is 26.4 Å². The molecule has 0 saturated heterocycles. The van der Waals surface area contributed by atoms with Crippen molar-refractivity contribution >= 4 is 5.97 Å². The van der Waals surface area contributed by atoms with E-state index in [0.29, 0.717) is 18.3 Å². The summed E-state index contributed by atoms with van der Waals surface area (Å²) < 4.78 is 5.70. The van der Waals surface area contributed by atoms with Gasteiger partial charge in [-0.15, -0.1) is 0 Å². The molecule has 4 nitrogen and oxygen atoms in total. The number of nitrogens with one attached hydrogen (secondary N) is 1. The minimum absolute atomic E-state index is 0.260. The van der Waals surface area contributed by atoms with Crippen LogP contribution in [-0.4, -0.2) is 17.1 Å². The van der Waals surface area contributed by atoms with Gasteiger partial charge in [-0.3, -0.25) is 0 Å². The van der Waals surface area contributed by atoms with Crippen molar-refractivity contribution in [1.82, 2.24) is 5.32 Å². The average Bonchev–Trinajstić information content (AvgIpc) is 2.85. The maximum Gasteiger partial charge on any atom is 0.335 e. The van der Waals surface area contributed by atoms with Crippen LogP contribution in [0.2, 0.25) is 0 Å². The topological polar surface area (TPSA) is 62.5 Å². The van der Waals surface area contributed by atoms with E-state index in [9.17, 15) is 4.79 Å². The van der Waals surface area contributed by atoms with Crippen molar-refractivity contribution < 1.29 is 14.3 Å². The van der Waals surface area contributed by atoms with E-state index >= 15 is 0 Å². The van der Waals surface area contributed by atoms with Crippen molar-refractivity contribution in [3.05, 3.63) is 47.7 Å². The van der Waals surface area contributed by atoms with Crippen LogP contribution in [0.4, 0.5) is 0 Å². The van der Waals surface area contributed by atoms with E-state index in [2.05, 4.69) is 19.2 Å². The zero-order valence-corrected chi connectivity index (χ0v) is 11.0. The molecule has 1 aromatic carbocycles. The van der Waals surface area contributed by atoms with Crippen molar-refractivity contribution in [2.24, 2.45) is 0 Å². The quantitative estimate of drug-likeness (QED) is 0.865. The largest absolute Gasteiger partial charge is 0.478 e. The number of hydrogen-bond donors (Lipinski definition) is 2. The third-order valence-corrected chi connectivity index (χ3v) is 2.74. The molecule has 0 amide bonds. The van der Waals surface area contributed by atoms with Gasteiger partial charge in [0.1, 0.15) is 11.5 Å². The number of carboxylic acids is 1. The maximum atomic E-state index is 10.9. The first-order valence-corrected chi connectivity index (χ1v) is 6.22. The average molecular weight is 259 g/mol. The number of carbonyl (C=O) groups is 1. The highest BCUT2D eigenvalue weighted by Crippen LogP contribution is 2.23. The molecule has 100 valence electrons. The molecule has 0 saturated carbocycles. The van der Waals surface area contributed by atoms with Crippen LogP contribution in [0.15, 0.2) is 40.8 Å². The van der Waals surface area contributed by atoms with E-state index < -0.39 is 5.97 Å². The van der Waals surface area contributed by atoms with E-state index in [4.69, 9.17) is 9.52 Å². The third kappa shape index (κ3) is 3.45. The minimum atomic E-state index is -0.935. The third-order valence-electron chi connectivity index (χ3n) is 2.74. The summed E-state index contributed by atoms with van der Waals surface area (Å²) >= 11 is 0. The number of hydrogen-bond acceptors (Lipinski definition) is 3. The summed E-state index contributed by atoms with van der Waals surface area (Å²) in [7, 11) is 0. The van der Waals surface area contributed by atoms with Gasteiger partial charge in [0.2, 0.25) is 0 Å². The lowest BCUT2D eigenvalue weighted by atomic mass is 10.1. The van der Waals surface area contributed by atoms with E-state index in [1.807, 2.05) is 18.2 Å². The van der Waals surface area contributed by atoms with E-state index in [0.717, 1.165) is 11.3 Å². The molecule has 2 aromatic rings. The standard InChI is InChI=1S/C15H17NO3/c1-10(2)16-9-13-6-7-14(19-13)11-4-3-5-12(8-11)15(17)18/h3-8,10,16H,9H2,1-2H3,(H,17,18). The predicted molar refractivity (Wildman–Crippen MR) is 73.1 cm³/mol. The Kier molecular flexibility index (Phi) is 4.02. The van der Waals surface area contributed by atoms with Gasteiger partial charge in [0, 0.05) is 11.6 Å². The minimum Gasteiger partial charge on any atom is -0.478 e. The lowest BCUT2D eigenvalue weighted by molar-refractivity contribution is 0.0697. The van der Waals surface area contributed by atoms with Gasteiger partial charge in [-0.1, -0.05) is 26.0 Å². The molecule has 0 aliphatic heterocycles. The van der Waals surface area contributed by atoms with E-state index in [-0.39, 0.29) is 5.56 Å². The Morgan fingerprint density at radius 2 is 2.11 bits per heavy atom. The van der Waals surface area contributed by atoms with Crippen LogP contribution in [0.25, 0.3) is 11.3 Å². The Morgan fingerprint density at radius 1 is 1.32 bits per heavy atom. The number of furan rings is 1. The van der Waals surface area contributed by atoms with Crippen LogP contribution in [0.3, 0.4) is 0 Å². The second-order valence-electron chi connectivity index (χ2n) is 4.69. The molecular formula is C15H17NO3. The summed E-state index contributed by atoms with van der Waals surface area (Å²) in [5, 5.41) is 12.2. The second kappa shape index (κ2) is 5.71. The first-order chi connectivity index (χ1) is 9.06. The summed E-state index contributed by atoms with van der Waals surface area (Å²) in [6.07, 6.45) is 0. The van der Waals surface area contributed by atoms with Crippen molar-refractivity contribution in [3.63, 3.8) is 0 Å². The summed E-state index contributed by atoms with van der Waals surface area (Å²) in [5.74, 6) is 0.586. The lowest BCUT2D eigenvalue weighted by Crippen LogP contribution is -2.21. The molecule has 1 heterocycles. The molecule has 19 heavy (non-hydrogen) atoms. The first kappa shape index (κ1) is 13.4. The van der Waals surface area contributed by atoms with Gasteiger partial charge in [0.25, 0.3) is 0 Å². The normalized spacial score (nSPS) is 10.9. The molecule has 1 aromatic heterocycles. The molecule has 2 N–H and O–H groups in total. The Hall–Kier alpha value is -2.07. The van der Waals surface area contributed by atoms with Crippen LogP contribution < -0.4 is 5.32 Å². The summed E-state index contributed by atoms with van der Waals surface area (Å²) in [6, 6.07) is 10.9. The zero-order chi connectivity index (χ0) is 13.8. The van der Waals surface area contributed by atoms with Gasteiger partial charge in [-0.25, -0.2) is 4.79 Å². The fraction of sp³-hybridized carbons (Fsp3) is 0.267. The summed E-state index contributed by atoms with van der Waals surface area (Å²) in [5.41, 5.74) is 1.03. The summed E-state index contributed by atoms with van der Waals surface area (Å²) in [6.45, 7) is 4.80. The smallest absolute Gasteiger partial charge is 0.335 e. The highest BCUT2D eigenvalue weighted by Gasteiger charge is 2.08. The van der Waals surface area contributed by atoms with E-state index in [1.54, 1.807) is 18.2 Å². The molecule has 0 atom stereocenters. The predicted octanol–water partition coefficient (Wildman–Crippen LogP) is 3.14. The zero-order valence-electron chi connectivity index (χ0n) is 11.0. The molecule has 0 bridgehead atoms. The monoisotopic (exact) mass is 259 g/mol. The van der Waals surface area contributed by atoms with Crippen LogP contribution in [0.1, 0.15) is 30.0 Å².